The largest absolute Gasteiger partial charge is 0.489 e. The van der Waals surface area contributed by atoms with Gasteiger partial charge < -0.3 is 15.0 Å². The van der Waals surface area contributed by atoms with Gasteiger partial charge in [-0.1, -0.05) is 41.4 Å². The lowest BCUT2D eigenvalue weighted by molar-refractivity contribution is -0.114. The van der Waals surface area contributed by atoms with Crippen molar-refractivity contribution in [1.29, 1.82) is 0 Å². The first kappa shape index (κ1) is 20.6. The zero-order valence-electron chi connectivity index (χ0n) is 15.8. The normalized spacial score (nSPS) is 16.8. The van der Waals surface area contributed by atoms with E-state index in [4.69, 9.17) is 40.2 Å². The van der Waals surface area contributed by atoms with Crippen LogP contribution in [0.2, 0.25) is 10.0 Å². The summed E-state index contributed by atoms with van der Waals surface area (Å²) in [7, 11) is 1.85. The number of halogens is 2. The Kier molecular flexibility index (Phi) is 6.28. The smallest absolute Gasteiger partial charge is 0.173 e. The summed E-state index contributed by atoms with van der Waals surface area (Å²) in [5, 5.41) is 4.83. The highest BCUT2D eigenvalue weighted by molar-refractivity contribution is 7.80. The van der Waals surface area contributed by atoms with E-state index >= 15 is 0 Å². The topological polar surface area (TPSA) is 41.6 Å². The van der Waals surface area contributed by atoms with Crippen LogP contribution in [0.15, 0.2) is 53.7 Å². The second-order valence-corrected chi connectivity index (χ2v) is 7.81. The summed E-state index contributed by atoms with van der Waals surface area (Å²) < 4.78 is 5.92. The van der Waals surface area contributed by atoms with Crippen LogP contribution < -0.4 is 10.1 Å². The average Bonchev–Trinajstić information content (AvgIpc) is 2.66. The number of benzene rings is 2. The molecule has 1 aliphatic rings. The standard InChI is InChI=1S/C21H20Cl2N2O2S/c1-12-19(13(2)26)20(24-21(28)25(12)3)15-5-4-6-16(10-15)27-11-14-7-8-17(22)18(23)9-14/h4-10,20H,11H2,1-3H3,(H,24,28). The number of nitrogens with zero attached hydrogens (tertiary/aromatic N) is 1. The molecular weight excluding hydrogens is 415 g/mol. The van der Waals surface area contributed by atoms with Gasteiger partial charge in [0.25, 0.3) is 0 Å². The van der Waals surface area contributed by atoms with Crippen LogP contribution in [0.5, 0.6) is 5.75 Å². The number of rotatable bonds is 5. The molecule has 0 spiro atoms. The van der Waals surface area contributed by atoms with E-state index in [0.717, 1.165) is 16.8 Å². The van der Waals surface area contributed by atoms with Crippen molar-refractivity contribution in [2.45, 2.75) is 26.5 Å². The van der Waals surface area contributed by atoms with Gasteiger partial charge >= 0.3 is 0 Å². The van der Waals surface area contributed by atoms with Crippen molar-refractivity contribution in [3.63, 3.8) is 0 Å². The number of nitrogens with one attached hydrogen (secondary N) is 1. The SMILES string of the molecule is CC(=O)C1=C(C)N(C)C(=S)NC1c1cccc(OCc2ccc(Cl)c(Cl)c2)c1. The summed E-state index contributed by atoms with van der Waals surface area (Å²) >= 11 is 17.4. The van der Waals surface area contributed by atoms with E-state index in [2.05, 4.69) is 5.32 Å². The molecule has 146 valence electrons. The Morgan fingerprint density at radius 2 is 1.96 bits per heavy atom. The zero-order chi connectivity index (χ0) is 20.4. The highest BCUT2D eigenvalue weighted by atomic mass is 35.5. The van der Waals surface area contributed by atoms with E-state index in [9.17, 15) is 4.79 Å². The first-order valence-corrected chi connectivity index (χ1v) is 9.87. The van der Waals surface area contributed by atoms with E-state index in [-0.39, 0.29) is 11.8 Å². The van der Waals surface area contributed by atoms with Crippen LogP contribution in [-0.4, -0.2) is 22.8 Å². The Bertz CT molecular complexity index is 975. The molecule has 0 amide bonds. The molecule has 0 aliphatic carbocycles. The zero-order valence-corrected chi connectivity index (χ0v) is 18.1. The Morgan fingerprint density at radius 1 is 1.21 bits per heavy atom. The van der Waals surface area contributed by atoms with Crippen LogP contribution in [0.3, 0.4) is 0 Å². The maximum Gasteiger partial charge on any atom is 0.173 e. The maximum atomic E-state index is 12.3. The lowest BCUT2D eigenvalue weighted by Gasteiger charge is -2.35. The molecule has 4 nitrogen and oxygen atoms in total. The second kappa shape index (κ2) is 8.52. The minimum atomic E-state index is -0.310. The summed E-state index contributed by atoms with van der Waals surface area (Å²) in [6.45, 7) is 3.83. The molecule has 0 aromatic heterocycles. The van der Waals surface area contributed by atoms with Gasteiger partial charge in [0.1, 0.15) is 12.4 Å². The van der Waals surface area contributed by atoms with Crippen molar-refractivity contribution >= 4 is 46.3 Å². The number of allylic oxidation sites excluding steroid dienone is 1. The van der Waals surface area contributed by atoms with Crippen LogP contribution >= 0.6 is 35.4 Å². The number of carbonyl (C=O) groups is 1. The Hall–Kier alpha value is -2.08. The number of hydrogen-bond donors (Lipinski definition) is 1. The minimum Gasteiger partial charge on any atom is -0.489 e. The molecule has 1 N–H and O–H groups in total. The maximum absolute atomic E-state index is 12.3. The highest BCUT2D eigenvalue weighted by Gasteiger charge is 2.30. The molecule has 2 aromatic carbocycles. The number of thiocarbonyl (C=S) groups is 1. The van der Waals surface area contributed by atoms with E-state index in [0.29, 0.717) is 33.1 Å². The van der Waals surface area contributed by atoms with E-state index in [1.54, 1.807) is 19.1 Å². The van der Waals surface area contributed by atoms with Gasteiger partial charge in [0.05, 0.1) is 16.1 Å². The summed E-state index contributed by atoms with van der Waals surface area (Å²) in [4.78, 5) is 14.1. The van der Waals surface area contributed by atoms with Crippen molar-refractivity contribution < 1.29 is 9.53 Å². The van der Waals surface area contributed by atoms with Crippen LogP contribution in [0.4, 0.5) is 0 Å². The average molecular weight is 435 g/mol. The molecule has 1 heterocycles. The van der Waals surface area contributed by atoms with Crippen molar-refractivity contribution in [2.24, 2.45) is 0 Å². The quantitative estimate of drug-likeness (QED) is 0.646. The fourth-order valence-electron chi connectivity index (χ4n) is 3.12. The van der Waals surface area contributed by atoms with Crippen LogP contribution in [-0.2, 0) is 11.4 Å². The number of hydrogen-bond acceptors (Lipinski definition) is 3. The third kappa shape index (κ3) is 4.32. The molecule has 7 heteroatoms. The highest BCUT2D eigenvalue weighted by Crippen LogP contribution is 2.32. The molecule has 0 fully saturated rings. The Balaban J connectivity index is 1.85. The molecule has 1 atom stereocenters. The molecule has 1 aliphatic heterocycles. The number of Topliss-reactive ketones (excluding diaryl/α,β-unsaturated/α-hetero) is 1. The molecular formula is C21H20Cl2N2O2S. The lowest BCUT2D eigenvalue weighted by atomic mass is 9.92. The summed E-state index contributed by atoms with van der Waals surface area (Å²) in [5.74, 6) is 0.697. The minimum absolute atomic E-state index is 0.00600. The van der Waals surface area contributed by atoms with Crippen LogP contribution in [0.25, 0.3) is 0 Å². The van der Waals surface area contributed by atoms with Gasteiger partial charge in [-0.15, -0.1) is 0 Å². The Labute approximate surface area is 180 Å². The van der Waals surface area contributed by atoms with Gasteiger partial charge in [-0.2, -0.15) is 0 Å². The van der Waals surface area contributed by atoms with Gasteiger partial charge in [0.2, 0.25) is 0 Å². The fourth-order valence-corrected chi connectivity index (χ4v) is 3.70. The number of ether oxygens (including phenoxy) is 1. The van der Waals surface area contributed by atoms with Crippen molar-refractivity contribution in [2.75, 3.05) is 7.05 Å². The van der Waals surface area contributed by atoms with Gasteiger partial charge in [-0.25, -0.2) is 0 Å². The van der Waals surface area contributed by atoms with E-state index in [1.807, 2.05) is 49.2 Å². The van der Waals surface area contributed by atoms with E-state index < -0.39 is 0 Å². The Morgan fingerprint density at radius 3 is 2.64 bits per heavy atom. The van der Waals surface area contributed by atoms with Crippen molar-refractivity contribution in [3.8, 4) is 5.75 Å². The molecule has 0 saturated carbocycles. The summed E-state index contributed by atoms with van der Waals surface area (Å²) in [6.07, 6.45) is 0. The summed E-state index contributed by atoms with van der Waals surface area (Å²) in [6, 6.07) is 12.7. The van der Waals surface area contributed by atoms with Crippen LogP contribution in [0.1, 0.15) is 31.0 Å². The van der Waals surface area contributed by atoms with Crippen molar-refractivity contribution in [3.05, 3.63) is 74.9 Å². The predicted octanol–water partition coefficient (Wildman–Crippen LogP) is 5.30. The van der Waals surface area contributed by atoms with Gasteiger partial charge in [0.15, 0.2) is 10.9 Å². The fraction of sp³-hybridized carbons (Fsp3) is 0.238. The first-order chi connectivity index (χ1) is 13.3. The van der Waals surface area contributed by atoms with E-state index in [1.165, 1.54) is 0 Å². The first-order valence-electron chi connectivity index (χ1n) is 8.70. The monoisotopic (exact) mass is 434 g/mol. The van der Waals surface area contributed by atoms with Crippen LogP contribution in [0, 0.1) is 0 Å². The second-order valence-electron chi connectivity index (χ2n) is 6.61. The third-order valence-corrected chi connectivity index (χ3v) is 5.85. The van der Waals surface area contributed by atoms with Gasteiger partial charge in [-0.05, 0) is 61.5 Å². The molecule has 28 heavy (non-hydrogen) atoms. The molecule has 0 bridgehead atoms. The number of ketones is 1. The predicted molar refractivity (Wildman–Crippen MR) is 117 cm³/mol. The van der Waals surface area contributed by atoms with Gasteiger partial charge in [0, 0.05) is 18.3 Å². The molecule has 0 saturated heterocycles. The molecule has 3 rings (SSSR count). The van der Waals surface area contributed by atoms with Gasteiger partial charge in [-0.3, -0.25) is 4.79 Å². The molecule has 0 radical (unpaired) electrons. The van der Waals surface area contributed by atoms with Crippen molar-refractivity contribution in [1.82, 2.24) is 10.2 Å². The lowest BCUT2D eigenvalue weighted by Crippen LogP contribution is -2.45. The number of carbonyl (C=O) groups excluding carboxylic acids is 1. The molecule has 2 aromatic rings. The summed E-state index contributed by atoms with van der Waals surface area (Å²) in [5.41, 5.74) is 3.37. The third-order valence-electron chi connectivity index (χ3n) is 4.71. The molecule has 1 unspecified atom stereocenters.